The Bertz CT molecular complexity index is 486. The minimum Gasteiger partial charge on any atom is -0.478 e. The van der Waals surface area contributed by atoms with Crippen LogP contribution < -0.4 is 10.5 Å². The summed E-state index contributed by atoms with van der Waals surface area (Å²) in [6.45, 7) is 3.84. The topological polar surface area (TPSA) is 98.9 Å². The second-order valence-corrected chi connectivity index (χ2v) is 4.21. The van der Waals surface area contributed by atoms with Gasteiger partial charge in [0, 0.05) is 11.8 Å². The Balaban J connectivity index is 3.00. The highest BCUT2D eigenvalue weighted by atomic mass is 16.6. The Kier molecular flexibility index (Phi) is 5.83. The molecule has 0 aliphatic rings. The van der Waals surface area contributed by atoms with Crippen LogP contribution in [0.2, 0.25) is 0 Å². The van der Waals surface area contributed by atoms with Gasteiger partial charge in [-0.3, -0.25) is 0 Å². The van der Waals surface area contributed by atoms with Crippen LogP contribution in [-0.4, -0.2) is 29.8 Å². The number of esters is 1. The monoisotopic (exact) mass is 281 g/mol. The Labute approximate surface area is 117 Å². The van der Waals surface area contributed by atoms with Crippen molar-refractivity contribution in [1.29, 1.82) is 0 Å². The number of carboxylic acids is 1. The number of carbonyl (C=O) groups excluding carboxylic acids is 1. The largest absolute Gasteiger partial charge is 0.478 e. The fourth-order valence-electron chi connectivity index (χ4n) is 1.69. The van der Waals surface area contributed by atoms with E-state index in [9.17, 15) is 9.59 Å². The summed E-state index contributed by atoms with van der Waals surface area (Å²) in [6, 6.07) is 4.21. The van der Waals surface area contributed by atoms with Crippen molar-refractivity contribution in [2.24, 2.45) is 0 Å². The van der Waals surface area contributed by atoms with E-state index in [2.05, 4.69) is 0 Å². The van der Waals surface area contributed by atoms with Gasteiger partial charge >= 0.3 is 11.9 Å². The molecule has 0 bridgehead atoms. The number of carbonyl (C=O) groups is 2. The number of hydrogen-bond donors (Lipinski definition) is 2. The number of rotatable bonds is 7. The predicted octanol–water partition coefficient (Wildman–Crippen LogP) is 2.08. The molecule has 0 aliphatic carbocycles. The highest BCUT2D eigenvalue weighted by molar-refractivity contribution is 5.91. The van der Waals surface area contributed by atoms with Crippen LogP contribution in [0.3, 0.4) is 0 Å². The van der Waals surface area contributed by atoms with Gasteiger partial charge in [-0.25, -0.2) is 9.59 Å². The van der Waals surface area contributed by atoms with E-state index in [0.717, 1.165) is 0 Å². The lowest BCUT2D eigenvalue weighted by Gasteiger charge is -2.18. The standard InChI is InChI=1S/C14H19NO5/c1-3-5-11(14(18)19-4-2)20-12-8-9(15)6-7-10(12)13(16)17/h6-8,11H,3-5,15H2,1-2H3,(H,16,17). The van der Waals surface area contributed by atoms with E-state index in [1.807, 2.05) is 6.92 Å². The van der Waals surface area contributed by atoms with E-state index in [4.69, 9.17) is 20.3 Å². The zero-order valence-electron chi connectivity index (χ0n) is 11.6. The van der Waals surface area contributed by atoms with Gasteiger partial charge in [0.05, 0.1) is 6.61 Å². The van der Waals surface area contributed by atoms with Crippen molar-refractivity contribution < 1.29 is 24.2 Å². The first-order valence-corrected chi connectivity index (χ1v) is 6.45. The molecule has 0 radical (unpaired) electrons. The number of nitrogen functional groups attached to an aromatic ring is 1. The highest BCUT2D eigenvalue weighted by Crippen LogP contribution is 2.24. The minimum absolute atomic E-state index is 0.0374. The van der Waals surface area contributed by atoms with Crippen LogP contribution in [0.25, 0.3) is 0 Å². The normalized spacial score (nSPS) is 11.7. The Hall–Kier alpha value is -2.24. The second kappa shape index (κ2) is 7.37. The summed E-state index contributed by atoms with van der Waals surface area (Å²) in [5.74, 6) is -1.57. The average molecular weight is 281 g/mol. The molecule has 0 aromatic heterocycles. The predicted molar refractivity (Wildman–Crippen MR) is 73.8 cm³/mol. The van der Waals surface area contributed by atoms with Crippen molar-refractivity contribution in [3.05, 3.63) is 23.8 Å². The number of ether oxygens (including phenoxy) is 2. The summed E-state index contributed by atoms with van der Waals surface area (Å²) in [7, 11) is 0. The molecule has 1 unspecified atom stereocenters. The number of hydrogen-bond acceptors (Lipinski definition) is 5. The van der Waals surface area contributed by atoms with Crippen LogP contribution >= 0.6 is 0 Å². The molecule has 0 fully saturated rings. The molecule has 1 aromatic carbocycles. The lowest BCUT2D eigenvalue weighted by molar-refractivity contribution is -0.151. The third-order valence-corrected chi connectivity index (χ3v) is 2.61. The van der Waals surface area contributed by atoms with Crippen LogP contribution in [-0.2, 0) is 9.53 Å². The molecule has 0 spiro atoms. The summed E-state index contributed by atoms with van der Waals surface area (Å²) in [4.78, 5) is 22.9. The van der Waals surface area contributed by atoms with Gasteiger partial charge in [-0.05, 0) is 25.5 Å². The van der Waals surface area contributed by atoms with Gasteiger partial charge in [-0.2, -0.15) is 0 Å². The molecule has 3 N–H and O–H groups in total. The second-order valence-electron chi connectivity index (χ2n) is 4.21. The van der Waals surface area contributed by atoms with Gasteiger partial charge in [0.15, 0.2) is 6.10 Å². The molecule has 0 saturated heterocycles. The zero-order valence-corrected chi connectivity index (χ0v) is 11.6. The van der Waals surface area contributed by atoms with Gasteiger partial charge < -0.3 is 20.3 Å². The molecule has 0 aliphatic heterocycles. The molecule has 1 aromatic rings. The third-order valence-electron chi connectivity index (χ3n) is 2.61. The Morgan fingerprint density at radius 3 is 2.60 bits per heavy atom. The molecular formula is C14H19NO5. The van der Waals surface area contributed by atoms with Gasteiger partial charge in [0.25, 0.3) is 0 Å². The maximum Gasteiger partial charge on any atom is 0.347 e. The lowest BCUT2D eigenvalue weighted by Crippen LogP contribution is -2.30. The zero-order chi connectivity index (χ0) is 15.1. The van der Waals surface area contributed by atoms with E-state index in [1.165, 1.54) is 18.2 Å². The van der Waals surface area contributed by atoms with Crippen molar-refractivity contribution in [3.8, 4) is 5.75 Å². The van der Waals surface area contributed by atoms with Gasteiger partial charge in [0.2, 0.25) is 0 Å². The fourth-order valence-corrected chi connectivity index (χ4v) is 1.69. The van der Waals surface area contributed by atoms with E-state index in [1.54, 1.807) is 6.92 Å². The maximum absolute atomic E-state index is 11.8. The molecular weight excluding hydrogens is 262 g/mol. The highest BCUT2D eigenvalue weighted by Gasteiger charge is 2.23. The van der Waals surface area contributed by atoms with Crippen molar-refractivity contribution in [2.45, 2.75) is 32.8 Å². The van der Waals surface area contributed by atoms with E-state index in [0.29, 0.717) is 18.5 Å². The molecule has 6 heteroatoms. The molecule has 6 nitrogen and oxygen atoms in total. The van der Waals surface area contributed by atoms with Crippen LogP contribution in [0.15, 0.2) is 18.2 Å². The van der Waals surface area contributed by atoms with E-state index in [-0.39, 0.29) is 17.9 Å². The number of benzene rings is 1. The molecule has 0 saturated carbocycles. The molecule has 1 atom stereocenters. The molecule has 1 rings (SSSR count). The molecule has 20 heavy (non-hydrogen) atoms. The van der Waals surface area contributed by atoms with Crippen molar-refractivity contribution >= 4 is 17.6 Å². The SMILES string of the molecule is CCCC(Oc1cc(N)ccc1C(=O)O)C(=O)OCC. The summed E-state index contributed by atoms with van der Waals surface area (Å²) in [6.07, 6.45) is 0.306. The first kappa shape index (κ1) is 15.8. The van der Waals surface area contributed by atoms with E-state index >= 15 is 0 Å². The van der Waals surface area contributed by atoms with E-state index < -0.39 is 18.0 Å². The number of aromatic carboxylic acids is 1. The van der Waals surface area contributed by atoms with Gasteiger partial charge in [-0.15, -0.1) is 0 Å². The van der Waals surface area contributed by atoms with Gasteiger partial charge in [-0.1, -0.05) is 13.3 Å². The maximum atomic E-state index is 11.8. The number of carboxylic acid groups (broad SMARTS) is 1. The van der Waals surface area contributed by atoms with Crippen LogP contribution in [0.1, 0.15) is 37.0 Å². The molecule has 110 valence electrons. The van der Waals surface area contributed by atoms with Crippen LogP contribution in [0.4, 0.5) is 5.69 Å². The summed E-state index contributed by atoms with van der Waals surface area (Å²) < 4.78 is 10.4. The van der Waals surface area contributed by atoms with Crippen molar-refractivity contribution in [1.82, 2.24) is 0 Å². The van der Waals surface area contributed by atoms with Gasteiger partial charge in [0.1, 0.15) is 11.3 Å². The average Bonchev–Trinajstić information content (AvgIpc) is 2.38. The van der Waals surface area contributed by atoms with Crippen molar-refractivity contribution in [3.63, 3.8) is 0 Å². The summed E-state index contributed by atoms with van der Waals surface area (Å²) >= 11 is 0. The summed E-state index contributed by atoms with van der Waals surface area (Å²) in [5, 5.41) is 9.10. The molecule has 0 heterocycles. The first-order chi connectivity index (χ1) is 9.49. The smallest absolute Gasteiger partial charge is 0.347 e. The Morgan fingerprint density at radius 2 is 2.05 bits per heavy atom. The van der Waals surface area contributed by atoms with Crippen molar-refractivity contribution in [2.75, 3.05) is 12.3 Å². The van der Waals surface area contributed by atoms with Crippen LogP contribution in [0, 0.1) is 0 Å². The minimum atomic E-state index is -1.14. The number of anilines is 1. The van der Waals surface area contributed by atoms with Crippen LogP contribution in [0.5, 0.6) is 5.75 Å². The summed E-state index contributed by atoms with van der Waals surface area (Å²) in [5.41, 5.74) is 5.95. The fraction of sp³-hybridized carbons (Fsp3) is 0.429. The lowest BCUT2D eigenvalue weighted by atomic mass is 10.1. The third kappa shape index (κ3) is 4.15. The molecule has 0 amide bonds. The number of nitrogens with two attached hydrogens (primary N) is 1. The Morgan fingerprint density at radius 1 is 1.35 bits per heavy atom. The quantitative estimate of drug-likeness (QED) is 0.586. The first-order valence-electron chi connectivity index (χ1n) is 6.45.